The number of H-pyrrole nitrogens is 1. The summed E-state index contributed by atoms with van der Waals surface area (Å²) in [5.74, 6) is 0.731. The summed E-state index contributed by atoms with van der Waals surface area (Å²) < 4.78 is 44.4. The fourth-order valence-corrected chi connectivity index (χ4v) is 3.71. The van der Waals surface area contributed by atoms with Crippen LogP contribution >= 0.6 is 0 Å². The van der Waals surface area contributed by atoms with E-state index >= 15 is 0 Å². The molecule has 4 rings (SSSR count). The van der Waals surface area contributed by atoms with Crippen LogP contribution in [0.15, 0.2) is 72.8 Å². The normalized spacial score (nSPS) is 12.7. The molecule has 1 heterocycles. The van der Waals surface area contributed by atoms with E-state index in [1.54, 1.807) is 7.11 Å². The summed E-state index contributed by atoms with van der Waals surface area (Å²) in [5, 5.41) is 4.51. The van der Waals surface area contributed by atoms with Crippen molar-refractivity contribution >= 4 is 16.6 Å². The van der Waals surface area contributed by atoms with Gasteiger partial charge >= 0.3 is 6.18 Å². The molecule has 1 atom stereocenters. The third-order valence-corrected chi connectivity index (χ3v) is 5.20. The fraction of sp³-hybridized carbons (Fsp3) is 0.167. The number of halogens is 3. The Labute approximate surface area is 172 Å². The SMILES string of the molecule is COc1ccc(NC(c2ccc(C(F)(F)F)cc2)c2c(C)[nH]c3ccccc23)cc1. The Balaban J connectivity index is 1.80. The molecule has 0 aliphatic rings. The minimum absolute atomic E-state index is 0.336. The zero-order valence-corrected chi connectivity index (χ0v) is 16.5. The number of hydrogen-bond acceptors (Lipinski definition) is 2. The monoisotopic (exact) mass is 410 g/mol. The predicted octanol–water partition coefficient (Wildman–Crippen LogP) is 6.71. The first-order valence-corrected chi connectivity index (χ1v) is 9.52. The van der Waals surface area contributed by atoms with Crippen LogP contribution < -0.4 is 10.1 Å². The molecule has 4 aromatic rings. The first-order valence-electron chi connectivity index (χ1n) is 9.52. The number of para-hydroxylation sites is 1. The molecule has 0 spiro atoms. The van der Waals surface area contributed by atoms with Crippen molar-refractivity contribution in [3.05, 3.63) is 95.2 Å². The van der Waals surface area contributed by atoms with Gasteiger partial charge in [0.15, 0.2) is 0 Å². The molecular formula is C24H21F3N2O. The van der Waals surface area contributed by atoms with Gasteiger partial charge < -0.3 is 15.0 Å². The summed E-state index contributed by atoms with van der Waals surface area (Å²) in [6.07, 6.45) is -4.37. The molecule has 30 heavy (non-hydrogen) atoms. The number of alkyl halides is 3. The lowest BCUT2D eigenvalue weighted by molar-refractivity contribution is -0.137. The Kier molecular flexibility index (Phi) is 5.16. The molecule has 0 fully saturated rings. The van der Waals surface area contributed by atoms with Crippen molar-refractivity contribution in [3.8, 4) is 5.75 Å². The second-order valence-corrected chi connectivity index (χ2v) is 7.13. The summed E-state index contributed by atoms with van der Waals surface area (Å²) in [4.78, 5) is 3.38. The molecule has 0 radical (unpaired) electrons. The molecule has 0 aliphatic heterocycles. The maximum Gasteiger partial charge on any atom is 0.416 e. The Bertz CT molecular complexity index is 1150. The van der Waals surface area contributed by atoms with Crippen LogP contribution in [-0.2, 0) is 6.18 Å². The Morgan fingerprint density at radius 1 is 0.900 bits per heavy atom. The molecule has 3 aromatic carbocycles. The van der Waals surface area contributed by atoms with E-state index in [1.165, 1.54) is 12.1 Å². The average Bonchev–Trinajstić information content (AvgIpc) is 3.07. The lowest BCUT2D eigenvalue weighted by atomic mass is 9.95. The standard InChI is InChI=1S/C24H21F3N2O/c1-15-22(20-5-3-4-6-21(20)28-15)23(29-18-11-13-19(30-2)14-12-18)16-7-9-17(10-8-16)24(25,26)27/h3-14,23,28-29H,1-2H3. The van der Waals surface area contributed by atoms with Crippen LogP contribution in [-0.4, -0.2) is 12.1 Å². The van der Waals surface area contributed by atoms with Crippen molar-refractivity contribution in [1.82, 2.24) is 4.98 Å². The topological polar surface area (TPSA) is 37.0 Å². The van der Waals surface area contributed by atoms with E-state index < -0.39 is 11.7 Å². The van der Waals surface area contributed by atoms with Crippen molar-refractivity contribution in [1.29, 1.82) is 0 Å². The maximum atomic E-state index is 13.1. The fourth-order valence-electron chi connectivity index (χ4n) is 3.71. The van der Waals surface area contributed by atoms with Crippen LogP contribution in [0.1, 0.15) is 28.4 Å². The molecule has 154 valence electrons. The van der Waals surface area contributed by atoms with Gasteiger partial charge in [0, 0.05) is 27.8 Å². The van der Waals surface area contributed by atoms with E-state index in [2.05, 4.69) is 10.3 Å². The van der Waals surface area contributed by atoms with E-state index in [4.69, 9.17) is 4.74 Å². The van der Waals surface area contributed by atoms with Gasteiger partial charge in [-0.15, -0.1) is 0 Å². The van der Waals surface area contributed by atoms with E-state index in [0.29, 0.717) is 0 Å². The number of rotatable bonds is 5. The Morgan fingerprint density at radius 3 is 2.20 bits per heavy atom. The zero-order chi connectivity index (χ0) is 21.3. The van der Waals surface area contributed by atoms with Crippen LogP contribution in [0.25, 0.3) is 10.9 Å². The third-order valence-electron chi connectivity index (χ3n) is 5.20. The highest BCUT2D eigenvalue weighted by Crippen LogP contribution is 2.36. The van der Waals surface area contributed by atoms with Gasteiger partial charge in [-0.05, 0) is 55.0 Å². The van der Waals surface area contributed by atoms with Crippen LogP contribution in [0.4, 0.5) is 18.9 Å². The van der Waals surface area contributed by atoms with Gasteiger partial charge in [-0.3, -0.25) is 0 Å². The lowest BCUT2D eigenvalue weighted by Gasteiger charge is -2.22. The molecular weight excluding hydrogens is 389 g/mol. The average molecular weight is 410 g/mol. The van der Waals surface area contributed by atoms with Gasteiger partial charge in [-0.25, -0.2) is 0 Å². The number of nitrogens with one attached hydrogen (secondary N) is 2. The molecule has 1 aromatic heterocycles. The first-order chi connectivity index (χ1) is 14.4. The number of hydrogen-bond donors (Lipinski definition) is 2. The number of aromatic amines is 1. The smallest absolute Gasteiger partial charge is 0.416 e. The van der Waals surface area contributed by atoms with Gasteiger partial charge in [-0.1, -0.05) is 30.3 Å². The van der Waals surface area contributed by atoms with Gasteiger partial charge in [-0.2, -0.15) is 13.2 Å². The van der Waals surface area contributed by atoms with Crippen molar-refractivity contribution in [3.63, 3.8) is 0 Å². The van der Waals surface area contributed by atoms with Crippen molar-refractivity contribution < 1.29 is 17.9 Å². The number of aryl methyl sites for hydroxylation is 1. The van der Waals surface area contributed by atoms with E-state index in [9.17, 15) is 13.2 Å². The quantitative estimate of drug-likeness (QED) is 0.384. The molecule has 3 nitrogen and oxygen atoms in total. The Morgan fingerprint density at radius 2 is 1.57 bits per heavy atom. The van der Waals surface area contributed by atoms with E-state index in [0.717, 1.165) is 51.3 Å². The molecule has 0 saturated heterocycles. The molecule has 0 amide bonds. The molecule has 1 unspecified atom stereocenters. The van der Waals surface area contributed by atoms with Crippen molar-refractivity contribution in [2.24, 2.45) is 0 Å². The predicted molar refractivity (Wildman–Crippen MR) is 113 cm³/mol. The van der Waals surface area contributed by atoms with Crippen LogP contribution in [0, 0.1) is 6.92 Å². The first kappa shape index (κ1) is 19.9. The summed E-state index contributed by atoms with van der Waals surface area (Å²) in [6, 6.07) is 20.4. The van der Waals surface area contributed by atoms with Gasteiger partial charge in [0.05, 0.1) is 18.7 Å². The van der Waals surface area contributed by atoms with E-state index in [-0.39, 0.29) is 6.04 Å². The summed E-state index contributed by atoms with van der Waals surface area (Å²) in [7, 11) is 1.60. The van der Waals surface area contributed by atoms with Gasteiger partial charge in [0.25, 0.3) is 0 Å². The summed E-state index contributed by atoms with van der Waals surface area (Å²) in [6.45, 7) is 1.97. The van der Waals surface area contributed by atoms with Crippen molar-refractivity contribution in [2.45, 2.75) is 19.1 Å². The number of benzene rings is 3. The number of fused-ring (bicyclic) bond motifs is 1. The van der Waals surface area contributed by atoms with Crippen molar-refractivity contribution in [2.75, 3.05) is 12.4 Å². The minimum Gasteiger partial charge on any atom is -0.497 e. The molecule has 0 bridgehead atoms. The van der Waals surface area contributed by atoms with Crippen LogP contribution in [0.3, 0.4) is 0 Å². The number of anilines is 1. The molecule has 0 aliphatic carbocycles. The third kappa shape index (κ3) is 3.85. The highest BCUT2D eigenvalue weighted by molar-refractivity contribution is 5.86. The van der Waals surface area contributed by atoms with Crippen LogP contribution in [0.5, 0.6) is 5.75 Å². The van der Waals surface area contributed by atoms with E-state index in [1.807, 2.05) is 55.5 Å². The molecule has 0 saturated carbocycles. The zero-order valence-electron chi connectivity index (χ0n) is 16.5. The van der Waals surface area contributed by atoms with Gasteiger partial charge in [0.2, 0.25) is 0 Å². The maximum absolute atomic E-state index is 13.1. The van der Waals surface area contributed by atoms with Crippen LogP contribution in [0.2, 0.25) is 0 Å². The number of ether oxygens (including phenoxy) is 1. The minimum atomic E-state index is -4.37. The number of aromatic nitrogens is 1. The second-order valence-electron chi connectivity index (χ2n) is 7.13. The summed E-state index contributed by atoms with van der Waals surface area (Å²) >= 11 is 0. The lowest BCUT2D eigenvalue weighted by Crippen LogP contribution is -2.14. The number of methoxy groups -OCH3 is 1. The molecule has 2 N–H and O–H groups in total. The summed E-state index contributed by atoms with van der Waals surface area (Å²) in [5.41, 5.74) is 3.86. The largest absolute Gasteiger partial charge is 0.497 e. The highest BCUT2D eigenvalue weighted by Gasteiger charge is 2.30. The molecule has 6 heteroatoms. The Hall–Kier alpha value is -3.41. The van der Waals surface area contributed by atoms with Gasteiger partial charge in [0.1, 0.15) is 5.75 Å². The second kappa shape index (κ2) is 7.78. The highest BCUT2D eigenvalue weighted by atomic mass is 19.4.